The van der Waals surface area contributed by atoms with Crippen molar-refractivity contribution in [3.63, 3.8) is 0 Å². The fraction of sp³-hybridized carbons (Fsp3) is 0.522. The highest BCUT2D eigenvalue weighted by Gasteiger charge is 2.36. The van der Waals surface area contributed by atoms with E-state index in [0.717, 1.165) is 51.4 Å². The van der Waals surface area contributed by atoms with Gasteiger partial charge in [-0.15, -0.1) is 0 Å². The normalized spacial score (nSPS) is 19.3. The number of morpholine rings is 1. The second-order valence-corrected chi connectivity index (χ2v) is 7.95. The molecule has 3 heterocycles. The molecule has 0 aliphatic carbocycles. The highest BCUT2D eigenvalue weighted by atomic mass is 16.5. The number of rotatable bonds is 8. The minimum absolute atomic E-state index is 0.00479. The van der Waals surface area contributed by atoms with E-state index in [0.29, 0.717) is 32.0 Å². The van der Waals surface area contributed by atoms with Crippen LogP contribution in [0.25, 0.3) is 0 Å². The Balaban J connectivity index is 1.37. The van der Waals surface area contributed by atoms with Crippen molar-refractivity contribution in [3.8, 4) is 5.75 Å². The Labute approximate surface area is 177 Å². The van der Waals surface area contributed by atoms with Crippen molar-refractivity contribution in [2.24, 2.45) is 0 Å². The highest BCUT2D eigenvalue weighted by Crippen LogP contribution is 2.34. The molecule has 0 bridgehead atoms. The van der Waals surface area contributed by atoms with Crippen molar-refractivity contribution in [1.82, 2.24) is 9.47 Å². The van der Waals surface area contributed by atoms with Gasteiger partial charge in [-0.05, 0) is 37.1 Å². The molecule has 30 heavy (non-hydrogen) atoms. The lowest BCUT2D eigenvalue weighted by Crippen LogP contribution is -2.42. The van der Waals surface area contributed by atoms with Crippen LogP contribution in [0.4, 0.5) is 5.69 Å². The summed E-state index contributed by atoms with van der Waals surface area (Å²) in [6, 6.07) is 11.7. The number of carbonyl (C=O) groups is 1. The van der Waals surface area contributed by atoms with E-state index in [1.165, 1.54) is 0 Å². The van der Waals surface area contributed by atoms with Crippen LogP contribution in [0.2, 0.25) is 0 Å². The minimum atomic E-state index is -0.238. The van der Waals surface area contributed by atoms with Gasteiger partial charge in [-0.3, -0.25) is 9.69 Å². The number of amides is 1. The number of carbonyl (C=O) groups excluding carboxylic acids is 1. The molecule has 0 atom stereocenters. The molecule has 2 fully saturated rings. The Morgan fingerprint density at radius 3 is 2.47 bits per heavy atom. The summed E-state index contributed by atoms with van der Waals surface area (Å²) in [5.41, 5.74) is 0.483. The number of nitrogens with zero attached hydrogens (tertiary/aromatic N) is 2. The quantitative estimate of drug-likeness (QED) is 0.721. The fourth-order valence-electron chi connectivity index (χ4n) is 4.23. The third kappa shape index (κ3) is 5.22. The molecule has 0 unspecified atom stereocenters. The summed E-state index contributed by atoms with van der Waals surface area (Å²) in [5.74, 6) is 0.705. The number of hydrogen-bond acceptors (Lipinski definition) is 5. The lowest BCUT2D eigenvalue weighted by atomic mass is 9.86. The maximum Gasteiger partial charge on any atom is 0.226 e. The van der Waals surface area contributed by atoms with Crippen LogP contribution in [0, 0.1) is 0 Å². The molecular formula is C23H31N3O4. The van der Waals surface area contributed by atoms with Crippen LogP contribution in [0.3, 0.4) is 0 Å². The molecule has 0 saturated carbocycles. The van der Waals surface area contributed by atoms with E-state index in [-0.39, 0.29) is 11.4 Å². The molecule has 0 spiro atoms. The van der Waals surface area contributed by atoms with Gasteiger partial charge in [-0.2, -0.15) is 0 Å². The number of hydrogen-bond donors (Lipinski definition) is 1. The largest absolute Gasteiger partial charge is 0.490 e. The van der Waals surface area contributed by atoms with Crippen molar-refractivity contribution in [1.29, 1.82) is 0 Å². The number of ether oxygens (including phenoxy) is 3. The Morgan fingerprint density at radius 2 is 1.70 bits per heavy atom. The lowest BCUT2D eigenvalue weighted by molar-refractivity contribution is -0.119. The summed E-state index contributed by atoms with van der Waals surface area (Å²) in [5, 5.41) is 3.08. The van der Waals surface area contributed by atoms with E-state index in [4.69, 9.17) is 14.2 Å². The van der Waals surface area contributed by atoms with Gasteiger partial charge < -0.3 is 24.1 Å². The highest BCUT2D eigenvalue weighted by molar-refractivity contribution is 5.92. The molecule has 2 aromatic rings. The molecule has 1 amide bonds. The van der Waals surface area contributed by atoms with Crippen LogP contribution >= 0.6 is 0 Å². The van der Waals surface area contributed by atoms with Gasteiger partial charge in [0.05, 0.1) is 30.9 Å². The van der Waals surface area contributed by atoms with Crippen LogP contribution < -0.4 is 10.1 Å². The number of benzene rings is 1. The number of aromatic nitrogens is 1. The third-order valence-corrected chi connectivity index (χ3v) is 6.00. The Kier molecular flexibility index (Phi) is 7.04. The standard InChI is InChI=1S/C23H31N3O4/c27-22(19-23(7-14-28-15-8-23)26-9-3-4-10-26)24-20-5-1-2-6-21(20)30-18-13-25-11-16-29-17-12-25/h1-6,9-10H,7-8,11-19H2,(H,24,27). The first-order valence-electron chi connectivity index (χ1n) is 10.8. The first-order valence-corrected chi connectivity index (χ1v) is 10.8. The van der Waals surface area contributed by atoms with E-state index in [9.17, 15) is 4.79 Å². The molecule has 1 aromatic heterocycles. The van der Waals surface area contributed by atoms with Crippen LogP contribution in [-0.2, 0) is 19.8 Å². The minimum Gasteiger partial charge on any atom is -0.490 e. The second-order valence-electron chi connectivity index (χ2n) is 7.95. The molecule has 1 aromatic carbocycles. The van der Waals surface area contributed by atoms with Gasteiger partial charge in [0.2, 0.25) is 5.91 Å². The van der Waals surface area contributed by atoms with E-state index < -0.39 is 0 Å². The smallest absolute Gasteiger partial charge is 0.226 e. The van der Waals surface area contributed by atoms with E-state index in [1.807, 2.05) is 48.8 Å². The van der Waals surface area contributed by atoms with Gasteiger partial charge in [0.25, 0.3) is 0 Å². The molecular weight excluding hydrogens is 382 g/mol. The van der Waals surface area contributed by atoms with E-state index in [2.05, 4.69) is 14.8 Å². The molecule has 162 valence electrons. The Hall–Kier alpha value is -2.35. The van der Waals surface area contributed by atoms with Gasteiger partial charge in [0.15, 0.2) is 0 Å². The van der Waals surface area contributed by atoms with Crippen molar-refractivity contribution < 1.29 is 19.0 Å². The Morgan fingerprint density at radius 1 is 1.00 bits per heavy atom. The van der Waals surface area contributed by atoms with Gasteiger partial charge in [-0.25, -0.2) is 0 Å². The summed E-state index contributed by atoms with van der Waals surface area (Å²) >= 11 is 0. The van der Waals surface area contributed by atoms with Crippen molar-refractivity contribution >= 4 is 11.6 Å². The monoisotopic (exact) mass is 413 g/mol. The maximum atomic E-state index is 13.0. The predicted octanol–water partition coefficient (Wildman–Crippen LogP) is 2.73. The second kappa shape index (κ2) is 10.1. The zero-order valence-electron chi connectivity index (χ0n) is 17.4. The predicted molar refractivity (Wildman–Crippen MR) is 115 cm³/mol. The average molecular weight is 414 g/mol. The fourth-order valence-corrected chi connectivity index (χ4v) is 4.23. The molecule has 1 N–H and O–H groups in total. The SMILES string of the molecule is O=C(CC1(n2cccc2)CCOCC1)Nc1ccccc1OCCN1CCOCC1. The van der Waals surface area contributed by atoms with Gasteiger partial charge in [0, 0.05) is 45.2 Å². The molecule has 4 rings (SSSR count). The number of para-hydroxylation sites is 2. The summed E-state index contributed by atoms with van der Waals surface area (Å²) in [6.45, 7) is 6.21. The van der Waals surface area contributed by atoms with Gasteiger partial charge >= 0.3 is 0 Å². The summed E-state index contributed by atoms with van der Waals surface area (Å²) in [6.07, 6.45) is 6.15. The average Bonchev–Trinajstić information content (AvgIpc) is 3.32. The van der Waals surface area contributed by atoms with Gasteiger partial charge in [0.1, 0.15) is 12.4 Å². The molecule has 7 heteroatoms. The molecule has 7 nitrogen and oxygen atoms in total. The first kappa shape index (κ1) is 20.9. The summed E-state index contributed by atoms with van der Waals surface area (Å²) in [7, 11) is 0. The zero-order chi connectivity index (χ0) is 20.7. The third-order valence-electron chi connectivity index (χ3n) is 6.00. The number of nitrogens with one attached hydrogen (secondary N) is 1. The van der Waals surface area contributed by atoms with Crippen LogP contribution in [0.1, 0.15) is 19.3 Å². The lowest BCUT2D eigenvalue weighted by Gasteiger charge is -2.38. The van der Waals surface area contributed by atoms with Crippen LogP contribution in [0.15, 0.2) is 48.8 Å². The van der Waals surface area contributed by atoms with Crippen molar-refractivity contribution in [2.45, 2.75) is 24.8 Å². The number of anilines is 1. The van der Waals surface area contributed by atoms with E-state index >= 15 is 0 Å². The van der Waals surface area contributed by atoms with Crippen LogP contribution in [-0.4, -0.2) is 68.0 Å². The van der Waals surface area contributed by atoms with E-state index in [1.54, 1.807) is 0 Å². The molecule has 2 saturated heterocycles. The summed E-state index contributed by atoms with van der Waals surface area (Å²) < 4.78 is 19.1. The molecule has 2 aliphatic rings. The topological polar surface area (TPSA) is 65.0 Å². The van der Waals surface area contributed by atoms with Gasteiger partial charge in [-0.1, -0.05) is 12.1 Å². The molecule has 0 radical (unpaired) electrons. The van der Waals surface area contributed by atoms with Crippen molar-refractivity contribution in [3.05, 3.63) is 48.8 Å². The maximum absolute atomic E-state index is 13.0. The molecule has 2 aliphatic heterocycles. The first-order chi connectivity index (χ1) is 14.8. The van der Waals surface area contributed by atoms with Crippen molar-refractivity contribution in [2.75, 3.05) is 58.0 Å². The Bertz CT molecular complexity index is 797. The zero-order valence-corrected chi connectivity index (χ0v) is 17.4. The van der Waals surface area contributed by atoms with Crippen LogP contribution in [0.5, 0.6) is 5.75 Å². The summed E-state index contributed by atoms with van der Waals surface area (Å²) in [4.78, 5) is 15.3.